The zero-order chi connectivity index (χ0) is 24.8. The van der Waals surface area contributed by atoms with Crippen LogP contribution in [0.5, 0.6) is 0 Å². The maximum Gasteiger partial charge on any atom is 0.413 e. The van der Waals surface area contributed by atoms with Crippen LogP contribution in [-0.2, 0) is 11.2 Å². The van der Waals surface area contributed by atoms with Gasteiger partial charge in [-0.25, -0.2) is 4.98 Å². The summed E-state index contributed by atoms with van der Waals surface area (Å²) >= 11 is 1.42. The molecule has 0 radical (unpaired) electrons. The molecule has 9 heteroatoms. The molecule has 0 bridgehead atoms. The summed E-state index contributed by atoms with van der Waals surface area (Å²) in [6, 6.07) is 17.7. The number of hydrogen-bond acceptors (Lipinski definition) is 5. The standard InChI is InChI=1S/C26H21F3N4OS/c27-26(28,29)21(11-4-8-17-6-2-1-3-7-17)20(15-30)24(34)32-19-10-5-9-18(14-19)25-33-22-12-13-31-16-23(22)35-25/h1-3,5-7,9-10,12-16,30H,4,8,11H2,(H,32,34)/b21-20-,30-15?. The summed E-state index contributed by atoms with van der Waals surface area (Å²) < 4.78 is 42.3. The fourth-order valence-electron chi connectivity index (χ4n) is 3.66. The number of pyridine rings is 1. The fraction of sp³-hybridized carbons (Fsp3) is 0.154. The summed E-state index contributed by atoms with van der Waals surface area (Å²) in [4.78, 5) is 21.4. The molecular weight excluding hydrogens is 473 g/mol. The molecule has 0 saturated carbocycles. The highest BCUT2D eigenvalue weighted by molar-refractivity contribution is 7.21. The van der Waals surface area contributed by atoms with Gasteiger partial charge in [0.05, 0.1) is 15.8 Å². The summed E-state index contributed by atoms with van der Waals surface area (Å²) in [7, 11) is 0. The van der Waals surface area contributed by atoms with Crippen molar-refractivity contribution in [1.82, 2.24) is 9.97 Å². The number of rotatable bonds is 8. The number of benzene rings is 2. The van der Waals surface area contributed by atoms with Crippen LogP contribution in [0.1, 0.15) is 18.4 Å². The van der Waals surface area contributed by atoms with Crippen LogP contribution in [-0.4, -0.2) is 28.3 Å². The average molecular weight is 495 g/mol. The van der Waals surface area contributed by atoms with Crippen LogP contribution in [0.25, 0.3) is 20.8 Å². The van der Waals surface area contributed by atoms with Crippen LogP contribution < -0.4 is 5.32 Å². The number of carbonyl (C=O) groups excluding carboxylic acids is 1. The molecule has 0 aliphatic rings. The lowest BCUT2D eigenvalue weighted by atomic mass is 9.99. The highest BCUT2D eigenvalue weighted by atomic mass is 32.1. The average Bonchev–Trinajstić information content (AvgIpc) is 3.28. The van der Waals surface area contributed by atoms with Gasteiger partial charge in [0, 0.05) is 35.4 Å². The number of alkyl halides is 3. The van der Waals surface area contributed by atoms with E-state index in [0.717, 1.165) is 15.8 Å². The Kier molecular flexibility index (Phi) is 7.36. The second-order valence-corrected chi connectivity index (χ2v) is 8.80. The second-order valence-electron chi connectivity index (χ2n) is 7.77. The lowest BCUT2D eigenvalue weighted by Gasteiger charge is -2.16. The predicted octanol–water partition coefficient (Wildman–Crippen LogP) is 6.83. The number of nitrogens with zero attached hydrogens (tertiary/aromatic N) is 2. The fourth-order valence-corrected chi connectivity index (χ4v) is 4.59. The Labute approximate surface area is 203 Å². The van der Waals surface area contributed by atoms with Crippen molar-refractivity contribution in [2.24, 2.45) is 0 Å². The maximum atomic E-state index is 13.8. The molecule has 0 spiro atoms. The van der Waals surface area contributed by atoms with Gasteiger partial charge < -0.3 is 10.7 Å². The van der Waals surface area contributed by atoms with E-state index in [1.165, 1.54) is 11.3 Å². The molecule has 0 saturated heterocycles. The molecular formula is C26H21F3N4OS. The normalized spacial score (nSPS) is 12.3. The maximum absolute atomic E-state index is 13.8. The Morgan fingerprint density at radius 3 is 2.60 bits per heavy atom. The van der Waals surface area contributed by atoms with Crippen molar-refractivity contribution in [1.29, 1.82) is 5.41 Å². The number of anilines is 1. The van der Waals surface area contributed by atoms with Gasteiger partial charge in [0.15, 0.2) is 0 Å². The highest BCUT2D eigenvalue weighted by Gasteiger charge is 2.37. The van der Waals surface area contributed by atoms with Gasteiger partial charge in [-0.15, -0.1) is 11.3 Å². The molecule has 2 N–H and O–H groups in total. The molecule has 4 aromatic rings. The molecule has 4 rings (SSSR count). The van der Waals surface area contributed by atoms with E-state index in [0.29, 0.717) is 28.9 Å². The first-order valence-electron chi connectivity index (χ1n) is 10.8. The van der Waals surface area contributed by atoms with Crippen LogP contribution in [0.15, 0.2) is 84.2 Å². The zero-order valence-corrected chi connectivity index (χ0v) is 19.3. The van der Waals surface area contributed by atoms with Crippen molar-refractivity contribution < 1.29 is 18.0 Å². The summed E-state index contributed by atoms with van der Waals surface area (Å²) in [6.07, 6.45) is -0.622. The number of carbonyl (C=O) groups is 1. The molecule has 5 nitrogen and oxygen atoms in total. The minimum Gasteiger partial charge on any atom is -0.322 e. The first kappa shape index (κ1) is 24.3. The summed E-state index contributed by atoms with van der Waals surface area (Å²) in [5.74, 6) is -0.974. The Hall–Kier alpha value is -3.85. The predicted molar refractivity (Wildman–Crippen MR) is 133 cm³/mol. The van der Waals surface area contributed by atoms with Gasteiger partial charge in [-0.05, 0) is 43.0 Å². The van der Waals surface area contributed by atoms with E-state index < -0.39 is 23.2 Å². The Morgan fingerprint density at radius 1 is 1.09 bits per heavy atom. The number of hydrogen-bond donors (Lipinski definition) is 2. The lowest BCUT2D eigenvalue weighted by molar-refractivity contribution is -0.114. The van der Waals surface area contributed by atoms with E-state index in [4.69, 9.17) is 5.41 Å². The number of thiazole rings is 1. The molecule has 0 aliphatic heterocycles. The Bertz CT molecular complexity index is 1350. The molecule has 0 atom stereocenters. The van der Waals surface area contributed by atoms with Crippen LogP contribution in [0.3, 0.4) is 0 Å². The molecule has 2 heterocycles. The number of nitrogens with one attached hydrogen (secondary N) is 2. The molecule has 0 unspecified atom stereocenters. The van der Waals surface area contributed by atoms with Crippen LogP contribution in [0.4, 0.5) is 18.9 Å². The largest absolute Gasteiger partial charge is 0.413 e. The molecule has 0 aliphatic carbocycles. The number of halogens is 3. The molecule has 2 aromatic carbocycles. The third-order valence-corrected chi connectivity index (χ3v) is 6.40. The zero-order valence-electron chi connectivity index (χ0n) is 18.5. The Morgan fingerprint density at radius 2 is 1.89 bits per heavy atom. The van der Waals surface area contributed by atoms with Crippen molar-refractivity contribution in [3.05, 3.63) is 89.8 Å². The van der Waals surface area contributed by atoms with Gasteiger partial charge in [0.1, 0.15) is 5.01 Å². The van der Waals surface area contributed by atoms with Crippen molar-refractivity contribution in [3.63, 3.8) is 0 Å². The van der Waals surface area contributed by atoms with Crippen molar-refractivity contribution in [2.45, 2.75) is 25.4 Å². The van der Waals surface area contributed by atoms with Gasteiger partial charge in [-0.1, -0.05) is 42.5 Å². The van der Waals surface area contributed by atoms with Crippen LogP contribution >= 0.6 is 11.3 Å². The van der Waals surface area contributed by atoms with Gasteiger partial charge in [0.25, 0.3) is 5.91 Å². The van der Waals surface area contributed by atoms with Crippen molar-refractivity contribution in [3.8, 4) is 10.6 Å². The molecule has 2 aromatic heterocycles. The van der Waals surface area contributed by atoms with Crippen molar-refractivity contribution >= 4 is 39.4 Å². The molecule has 0 fully saturated rings. The van der Waals surface area contributed by atoms with Gasteiger partial charge in [-0.3, -0.25) is 9.78 Å². The summed E-state index contributed by atoms with van der Waals surface area (Å²) in [6.45, 7) is 0. The molecule has 1 amide bonds. The van der Waals surface area contributed by atoms with E-state index >= 15 is 0 Å². The van der Waals surface area contributed by atoms with Gasteiger partial charge in [0.2, 0.25) is 0 Å². The van der Waals surface area contributed by atoms with Gasteiger partial charge in [-0.2, -0.15) is 13.2 Å². The lowest BCUT2D eigenvalue weighted by Crippen LogP contribution is -2.23. The SMILES string of the molecule is N=C/C(C(=O)Nc1cccc(-c2nc3ccncc3s2)c1)=C(\CCCc1ccccc1)C(F)(F)F. The van der Waals surface area contributed by atoms with Crippen molar-refractivity contribution in [2.75, 3.05) is 5.32 Å². The van der Waals surface area contributed by atoms with Gasteiger partial charge >= 0.3 is 6.18 Å². The smallest absolute Gasteiger partial charge is 0.322 e. The van der Waals surface area contributed by atoms with Crippen LogP contribution in [0, 0.1) is 5.41 Å². The third kappa shape index (κ3) is 5.99. The Balaban J connectivity index is 1.54. The first-order chi connectivity index (χ1) is 16.8. The van der Waals surface area contributed by atoms with E-state index in [9.17, 15) is 18.0 Å². The van der Waals surface area contributed by atoms with Crippen LogP contribution in [0.2, 0.25) is 0 Å². The summed E-state index contributed by atoms with van der Waals surface area (Å²) in [5, 5.41) is 10.8. The van der Waals surface area contributed by atoms with E-state index in [2.05, 4.69) is 15.3 Å². The highest BCUT2D eigenvalue weighted by Crippen LogP contribution is 2.33. The molecule has 35 heavy (non-hydrogen) atoms. The minimum absolute atomic E-state index is 0.200. The number of aromatic nitrogens is 2. The second kappa shape index (κ2) is 10.6. The first-order valence-corrected chi connectivity index (χ1v) is 11.6. The monoisotopic (exact) mass is 494 g/mol. The number of amides is 1. The topological polar surface area (TPSA) is 78.7 Å². The third-order valence-electron chi connectivity index (χ3n) is 5.35. The number of fused-ring (bicyclic) bond motifs is 1. The van der Waals surface area contributed by atoms with E-state index in [-0.39, 0.29) is 12.8 Å². The van der Waals surface area contributed by atoms with E-state index in [1.54, 1.807) is 42.7 Å². The minimum atomic E-state index is -4.72. The number of allylic oxidation sites excluding steroid dienone is 1. The van der Waals surface area contributed by atoms with E-state index in [1.807, 2.05) is 30.3 Å². The quantitative estimate of drug-likeness (QED) is 0.208. The summed E-state index contributed by atoms with van der Waals surface area (Å²) in [5.41, 5.74) is 1.03. The molecule has 178 valence electrons. The number of aryl methyl sites for hydroxylation is 1.